The fourth-order valence-electron chi connectivity index (χ4n) is 4.21. The summed E-state index contributed by atoms with van der Waals surface area (Å²) in [5, 5.41) is 0. The van der Waals surface area contributed by atoms with Crippen LogP contribution in [0, 0.1) is 12.8 Å². The lowest BCUT2D eigenvalue weighted by Gasteiger charge is -2.36. The van der Waals surface area contributed by atoms with Crippen LogP contribution in [0.15, 0.2) is 48.7 Å². The number of rotatable bonds is 5. The van der Waals surface area contributed by atoms with Gasteiger partial charge in [0.05, 0.1) is 12.3 Å². The Morgan fingerprint density at radius 1 is 1.00 bits per heavy atom. The fraction of sp³-hybridized carbons (Fsp3) is 0.417. The first-order chi connectivity index (χ1) is 15.0. The average molecular weight is 421 g/mol. The minimum Gasteiger partial charge on any atom is -0.339 e. The van der Waals surface area contributed by atoms with Crippen molar-refractivity contribution in [1.82, 2.24) is 19.7 Å². The van der Waals surface area contributed by atoms with E-state index in [0.29, 0.717) is 39.3 Å². The van der Waals surface area contributed by atoms with E-state index < -0.39 is 0 Å². The Hall–Kier alpha value is -3.22. The van der Waals surface area contributed by atoms with Crippen molar-refractivity contribution in [2.24, 2.45) is 5.92 Å². The summed E-state index contributed by atoms with van der Waals surface area (Å²) in [7, 11) is 0. The lowest BCUT2D eigenvalue weighted by atomic mass is 10.1. The number of hydrogen-bond donors (Lipinski definition) is 0. The topological polar surface area (TPSA) is 73.8 Å². The number of aromatic nitrogens is 1. The molecule has 162 valence electrons. The molecule has 0 spiro atoms. The molecule has 0 saturated carbocycles. The van der Waals surface area contributed by atoms with Gasteiger partial charge in [0.15, 0.2) is 0 Å². The molecule has 1 atom stereocenters. The highest BCUT2D eigenvalue weighted by molar-refractivity contribution is 5.89. The summed E-state index contributed by atoms with van der Waals surface area (Å²) in [4.78, 5) is 47.5. The normalized spacial score (nSPS) is 19.1. The third-order valence-electron chi connectivity index (χ3n) is 6.06. The third-order valence-corrected chi connectivity index (χ3v) is 6.06. The minimum atomic E-state index is -0.297. The predicted molar refractivity (Wildman–Crippen MR) is 116 cm³/mol. The van der Waals surface area contributed by atoms with Crippen LogP contribution in [-0.4, -0.2) is 70.1 Å². The number of carbonyl (C=O) groups is 3. The van der Waals surface area contributed by atoms with Crippen molar-refractivity contribution in [2.45, 2.75) is 26.3 Å². The van der Waals surface area contributed by atoms with E-state index >= 15 is 0 Å². The minimum absolute atomic E-state index is 0.0246. The van der Waals surface area contributed by atoms with Gasteiger partial charge >= 0.3 is 0 Å². The number of piperazine rings is 1. The zero-order valence-corrected chi connectivity index (χ0v) is 17.9. The Morgan fingerprint density at radius 2 is 1.71 bits per heavy atom. The summed E-state index contributed by atoms with van der Waals surface area (Å²) in [5.74, 6) is -0.209. The van der Waals surface area contributed by atoms with Crippen molar-refractivity contribution in [3.63, 3.8) is 0 Å². The quantitative estimate of drug-likeness (QED) is 0.737. The average Bonchev–Trinajstić information content (AvgIpc) is 3.15. The fourth-order valence-corrected chi connectivity index (χ4v) is 4.21. The first-order valence-corrected chi connectivity index (χ1v) is 10.8. The van der Waals surface area contributed by atoms with Gasteiger partial charge in [-0.3, -0.25) is 19.4 Å². The second kappa shape index (κ2) is 9.29. The molecule has 2 aliphatic heterocycles. The molecule has 0 bridgehead atoms. The van der Waals surface area contributed by atoms with Gasteiger partial charge in [0, 0.05) is 57.6 Å². The third kappa shape index (κ3) is 5.10. The maximum atomic E-state index is 13.0. The van der Waals surface area contributed by atoms with Crippen molar-refractivity contribution in [1.29, 1.82) is 0 Å². The van der Waals surface area contributed by atoms with E-state index in [1.807, 2.05) is 49.4 Å². The van der Waals surface area contributed by atoms with Gasteiger partial charge in [-0.1, -0.05) is 35.9 Å². The molecule has 7 heteroatoms. The highest BCUT2D eigenvalue weighted by Crippen LogP contribution is 2.23. The number of aryl methyl sites for hydroxylation is 1. The van der Waals surface area contributed by atoms with Crippen LogP contribution >= 0.6 is 0 Å². The van der Waals surface area contributed by atoms with Crippen LogP contribution in [0.5, 0.6) is 0 Å². The second-order valence-corrected chi connectivity index (χ2v) is 8.36. The van der Waals surface area contributed by atoms with Crippen molar-refractivity contribution in [3.8, 4) is 0 Å². The number of benzene rings is 1. The van der Waals surface area contributed by atoms with Crippen LogP contribution in [0.3, 0.4) is 0 Å². The summed E-state index contributed by atoms with van der Waals surface area (Å²) in [6.07, 6.45) is 2.23. The van der Waals surface area contributed by atoms with Crippen LogP contribution in [0.1, 0.15) is 23.2 Å². The van der Waals surface area contributed by atoms with Crippen molar-refractivity contribution in [3.05, 3.63) is 65.5 Å². The highest BCUT2D eigenvalue weighted by Gasteiger charge is 2.37. The number of amides is 3. The Balaban J connectivity index is 1.27. The van der Waals surface area contributed by atoms with Crippen LogP contribution in [0.4, 0.5) is 0 Å². The molecular weight excluding hydrogens is 392 g/mol. The monoisotopic (exact) mass is 420 g/mol. The molecule has 1 aromatic carbocycles. The van der Waals surface area contributed by atoms with E-state index in [0.717, 1.165) is 11.3 Å². The Kier molecular flexibility index (Phi) is 6.30. The van der Waals surface area contributed by atoms with E-state index in [-0.39, 0.29) is 36.5 Å². The van der Waals surface area contributed by atoms with Crippen molar-refractivity contribution in [2.75, 3.05) is 32.7 Å². The molecule has 3 amide bonds. The van der Waals surface area contributed by atoms with E-state index in [4.69, 9.17) is 0 Å². The number of carbonyl (C=O) groups excluding carboxylic acids is 3. The number of pyridine rings is 1. The van der Waals surface area contributed by atoms with Gasteiger partial charge in [-0.15, -0.1) is 0 Å². The molecule has 2 fully saturated rings. The first-order valence-electron chi connectivity index (χ1n) is 10.8. The van der Waals surface area contributed by atoms with Gasteiger partial charge in [-0.05, 0) is 24.6 Å². The Labute approximate surface area is 182 Å². The predicted octanol–water partition coefficient (Wildman–Crippen LogP) is 1.65. The van der Waals surface area contributed by atoms with Crippen molar-refractivity contribution < 1.29 is 14.4 Å². The molecule has 2 aliphatic rings. The number of likely N-dealkylation sites (tertiary alicyclic amines) is 1. The van der Waals surface area contributed by atoms with Crippen LogP contribution < -0.4 is 0 Å². The van der Waals surface area contributed by atoms with Gasteiger partial charge in [-0.2, -0.15) is 0 Å². The standard InChI is InChI=1S/C24H28N4O3/c1-18-5-7-19(8-6-18)16-28-17-20(14-22(28)29)24(31)27-12-10-26(11-13-27)23(30)15-21-4-2-3-9-25-21/h2-9,20H,10-17H2,1H3. The van der Waals surface area contributed by atoms with Crippen molar-refractivity contribution >= 4 is 17.7 Å². The number of hydrogen-bond acceptors (Lipinski definition) is 4. The van der Waals surface area contributed by atoms with Crippen LogP contribution in [0.2, 0.25) is 0 Å². The molecule has 0 radical (unpaired) electrons. The zero-order chi connectivity index (χ0) is 21.8. The lowest BCUT2D eigenvalue weighted by Crippen LogP contribution is -2.52. The Bertz CT molecular complexity index is 937. The molecule has 0 N–H and O–H groups in total. The largest absolute Gasteiger partial charge is 0.339 e. The van der Waals surface area contributed by atoms with E-state index in [1.165, 1.54) is 5.56 Å². The molecule has 2 aromatic rings. The molecule has 7 nitrogen and oxygen atoms in total. The zero-order valence-electron chi connectivity index (χ0n) is 17.9. The van der Waals surface area contributed by atoms with Gasteiger partial charge < -0.3 is 14.7 Å². The maximum absolute atomic E-state index is 13.0. The molecule has 2 saturated heterocycles. The molecule has 0 aliphatic carbocycles. The number of nitrogens with zero attached hydrogens (tertiary/aromatic N) is 4. The maximum Gasteiger partial charge on any atom is 0.228 e. The summed E-state index contributed by atoms with van der Waals surface area (Å²) >= 11 is 0. The van der Waals surface area contributed by atoms with Gasteiger partial charge in [-0.25, -0.2) is 0 Å². The molecule has 31 heavy (non-hydrogen) atoms. The molecule has 1 unspecified atom stereocenters. The molecular formula is C24H28N4O3. The summed E-state index contributed by atoms with van der Waals surface area (Å²) in [5.41, 5.74) is 3.01. The summed E-state index contributed by atoms with van der Waals surface area (Å²) in [6, 6.07) is 13.7. The summed E-state index contributed by atoms with van der Waals surface area (Å²) in [6.45, 7) is 5.09. The molecule has 1 aromatic heterocycles. The van der Waals surface area contributed by atoms with Gasteiger partial charge in [0.1, 0.15) is 0 Å². The molecule has 4 rings (SSSR count). The smallest absolute Gasteiger partial charge is 0.228 e. The van der Waals surface area contributed by atoms with E-state index in [9.17, 15) is 14.4 Å². The Morgan fingerprint density at radius 3 is 2.39 bits per heavy atom. The lowest BCUT2D eigenvalue weighted by molar-refractivity contribution is -0.141. The summed E-state index contributed by atoms with van der Waals surface area (Å²) < 4.78 is 0. The van der Waals surface area contributed by atoms with Gasteiger partial charge in [0.2, 0.25) is 17.7 Å². The van der Waals surface area contributed by atoms with E-state index in [1.54, 1.807) is 20.9 Å². The van der Waals surface area contributed by atoms with Crippen LogP contribution in [0.25, 0.3) is 0 Å². The second-order valence-electron chi connectivity index (χ2n) is 8.36. The SMILES string of the molecule is Cc1ccc(CN2CC(C(=O)N3CCN(C(=O)Cc4ccccn4)CC3)CC2=O)cc1. The van der Waals surface area contributed by atoms with E-state index in [2.05, 4.69) is 4.98 Å². The highest BCUT2D eigenvalue weighted by atomic mass is 16.2. The first kappa shape index (κ1) is 21.0. The van der Waals surface area contributed by atoms with Gasteiger partial charge in [0.25, 0.3) is 0 Å². The van der Waals surface area contributed by atoms with Crippen LogP contribution in [-0.2, 0) is 27.3 Å². The molecule has 3 heterocycles.